The molecule has 1 aromatic heterocycles. The average molecular weight is 646 g/mol. The molecular formula is C35H43N5O5S. The second kappa shape index (κ2) is 15.4. The van der Waals surface area contributed by atoms with Gasteiger partial charge in [-0.25, -0.2) is 0 Å². The van der Waals surface area contributed by atoms with Crippen molar-refractivity contribution >= 4 is 35.4 Å². The molecule has 0 saturated carbocycles. The van der Waals surface area contributed by atoms with Gasteiger partial charge in [0.25, 0.3) is 11.8 Å². The van der Waals surface area contributed by atoms with Crippen LogP contribution in [0.15, 0.2) is 79.0 Å². The molecule has 46 heavy (non-hydrogen) atoms. The first-order valence-corrected chi connectivity index (χ1v) is 16.4. The number of rotatable bonds is 12. The normalized spacial score (nSPS) is 17.5. The number of aryl methyl sites for hydroxylation is 1. The van der Waals surface area contributed by atoms with E-state index in [2.05, 4.69) is 20.9 Å². The molecule has 3 aromatic rings. The monoisotopic (exact) mass is 645 g/mol. The molecule has 4 N–H and O–H groups in total. The van der Waals surface area contributed by atoms with Gasteiger partial charge in [0.15, 0.2) is 6.10 Å². The number of hydrogen-bond donors (Lipinski definition) is 4. The van der Waals surface area contributed by atoms with Crippen LogP contribution in [0.2, 0.25) is 0 Å². The summed E-state index contributed by atoms with van der Waals surface area (Å²) in [6.07, 6.45) is -0.0251. The van der Waals surface area contributed by atoms with Crippen molar-refractivity contribution in [2.75, 3.05) is 5.88 Å². The Balaban J connectivity index is 1.54. The van der Waals surface area contributed by atoms with Crippen LogP contribution in [0.3, 0.4) is 0 Å². The molecule has 1 aliphatic rings. The number of pyridine rings is 1. The predicted molar refractivity (Wildman–Crippen MR) is 179 cm³/mol. The summed E-state index contributed by atoms with van der Waals surface area (Å²) in [6, 6.07) is 19.0. The van der Waals surface area contributed by atoms with Crippen LogP contribution in [0.5, 0.6) is 0 Å². The van der Waals surface area contributed by atoms with Crippen LogP contribution >= 0.6 is 11.8 Å². The molecule has 0 radical (unpaired) electrons. The zero-order chi connectivity index (χ0) is 33.4. The van der Waals surface area contributed by atoms with E-state index >= 15 is 0 Å². The minimum atomic E-state index is -1.66. The lowest BCUT2D eigenvalue weighted by Crippen LogP contribution is -2.60. The zero-order valence-electron chi connectivity index (χ0n) is 26.9. The lowest BCUT2D eigenvalue weighted by molar-refractivity contribution is -0.148. The van der Waals surface area contributed by atoms with Crippen LogP contribution in [-0.4, -0.2) is 73.5 Å². The highest BCUT2D eigenvalue weighted by Gasteiger charge is 2.50. The Bertz CT molecular complexity index is 1520. The molecule has 0 unspecified atom stereocenters. The molecule has 1 aliphatic heterocycles. The molecule has 1 saturated heterocycles. The van der Waals surface area contributed by atoms with Crippen LogP contribution in [0.1, 0.15) is 54.9 Å². The molecule has 4 atom stereocenters. The third kappa shape index (κ3) is 8.52. The first-order chi connectivity index (χ1) is 21.9. The molecule has 1 fully saturated rings. The Kier molecular flexibility index (Phi) is 11.6. The van der Waals surface area contributed by atoms with E-state index in [9.17, 15) is 24.3 Å². The number of carbonyl (C=O) groups is 4. The Morgan fingerprint density at radius 1 is 0.978 bits per heavy atom. The maximum Gasteiger partial charge on any atom is 0.270 e. The Morgan fingerprint density at radius 2 is 1.65 bits per heavy atom. The van der Waals surface area contributed by atoms with Crippen molar-refractivity contribution in [2.45, 2.75) is 76.6 Å². The van der Waals surface area contributed by atoms with E-state index in [4.69, 9.17) is 0 Å². The standard InChI is InChI=1S/C35H43N5O5S/c1-22(2)28(39-31(42)26-17-11-12-18-36-26)32(43)38-27(19-24-14-7-6-8-15-24)29(41)34(45)40-21-46-35(4,5)30(40)33(44)37-20-25-16-10-9-13-23(25)3/h6-18,22,27-30,41H,19-21H2,1-5H3,(H,37,44)(H,38,43)(H,39,42)/t27-,28-,29-,30+/m0/s1. The maximum atomic E-state index is 14.0. The second-order valence-electron chi connectivity index (χ2n) is 12.4. The van der Waals surface area contributed by atoms with Gasteiger partial charge in [0.2, 0.25) is 11.8 Å². The van der Waals surface area contributed by atoms with Gasteiger partial charge in [-0.2, -0.15) is 0 Å². The molecule has 4 rings (SSSR count). The summed E-state index contributed by atoms with van der Waals surface area (Å²) >= 11 is 1.45. The van der Waals surface area contributed by atoms with Gasteiger partial charge >= 0.3 is 0 Å². The van der Waals surface area contributed by atoms with Crippen molar-refractivity contribution in [3.63, 3.8) is 0 Å². The van der Waals surface area contributed by atoms with E-state index in [-0.39, 0.29) is 29.8 Å². The summed E-state index contributed by atoms with van der Waals surface area (Å²) in [7, 11) is 0. The molecule has 4 amide bonds. The number of carbonyl (C=O) groups excluding carboxylic acids is 4. The van der Waals surface area contributed by atoms with E-state index in [1.54, 1.807) is 32.0 Å². The summed E-state index contributed by atoms with van der Waals surface area (Å²) < 4.78 is -0.623. The fraction of sp³-hybridized carbons (Fsp3) is 0.400. The van der Waals surface area contributed by atoms with Gasteiger partial charge in [-0.15, -0.1) is 11.8 Å². The number of thioether (sulfide) groups is 1. The van der Waals surface area contributed by atoms with E-state index in [0.717, 1.165) is 16.7 Å². The summed E-state index contributed by atoms with van der Waals surface area (Å²) in [6.45, 7) is 9.66. The third-order valence-electron chi connectivity index (χ3n) is 8.19. The minimum absolute atomic E-state index is 0.146. The van der Waals surface area contributed by atoms with Gasteiger partial charge in [-0.3, -0.25) is 24.2 Å². The Morgan fingerprint density at radius 3 is 2.30 bits per heavy atom. The number of aliphatic hydroxyl groups excluding tert-OH is 1. The maximum absolute atomic E-state index is 14.0. The van der Waals surface area contributed by atoms with Crippen LogP contribution in [-0.2, 0) is 27.3 Å². The molecule has 0 spiro atoms. The van der Waals surface area contributed by atoms with Crippen molar-refractivity contribution < 1.29 is 24.3 Å². The zero-order valence-corrected chi connectivity index (χ0v) is 27.7. The number of benzene rings is 2. The lowest BCUT2D eigenvalue weighted by Gasteiger charge is -2.34. The Hall–Kier alpha value is -4.22. The molecule has 11 heteroatoms. The highest BCUT2D eigenvalue weighted by molar-refractivity contribution is 8.00. The van der Waals surface area contributed by atoms with Crippen LogP contribution in [0.4, 0.5) is 0 Å². The van der Waals surface area contributed by atoms with Crippen molar-refractivity contribution in [2.24, 2.45) is 5.92 Å². The quantitative estimate of drug-likeness (QED) is 0.237. The minimum Gasteiger partial charge on any atom is -0.381 e. The van der Waals surface area contributed by atoms with Crippen molar-refractivity contribution in [1.29, 1.82) is 0 Å². The van der Waals surface area contributed by atoms with Crippen molar-refractivity contribution in [3.8, 4) is 0 Å². The van der Waals surface area contributed by atoms with Crippen LogP contribution in [0, 0.1) is 12.8 Å². The molecule has 244 valence electrons. The van der Waals surface area contributed by atoms with Gasteiger partial charge in [-0.1, -0.05) is 74.5 Å². The third-order valence-corrected chi connectivity index (χ3v) is 9.56. The first-order valence-electron chi connectivity index (χ1n) is 15.4. The fourth-order valence-electron chi connectivity index (χ4n) is 5.47. The highest BCUT2D eigenvalue weighted by atomic mass is 32.2. The number of nitrogens with zero attached hydrogens (tertiary/aromatic N) is 2. The van der Waals surface area contributed by atoms with Crippen LogP contribution < -0.4 is 16.0 Å². The molecule has 10 nitrogen and oxygen atoms in total. The second-order valence-corrected chi connectivity index (χ2v) is 14.0. The fourth-order valence-corrected chi connectivity index (χ4v) is 6.61. The van der Waals surface area contributed by atoms with E-state index in [1.807, 2.05) is 75.4 Å². The summed E-state index contributed by atoms with van der Waals surface area (Å²) in [5.74, 6) is -2.15. The molecule has 2 heterocycles. The lowest BCUT2D eigenvalue weighted by atomic mass is 9.96. The average Bonchev–Trinajstić information content (AvgIpc) is 3.37. The summed E-state index contributed by atoms with van der Waals surface area (Å²) in [5.41, 5.74) is 2.97. The van der Waals surface area contributed by atoms with Crippen LogP contribution in [0.25, 0.3) is 0 Å². The number of amides is 4. The van der Waals surface area contributed by atoms with Gasteiger partial charge < -0.3 is 26.0 Å². The van der Waals surface area contributed by atoms with Gasteiger partial charge in [0.1, 0.15) is 17.8 Å². The van der Waals surface area contributed by atoms with E-state index < -0.39 is 46.7 Å². The molecule has 2 aromatic carbocycles. The number of nitrogens with one attached hydrogen (secondary N) is 3. The molecule has 0 bridgehead atoms. The van der Waals surface area contributed by atoms with Gasteiger partial charge in [0.05, 0.1) is 11.9 Å². The first kappa shape index (κ1) is 34.6. The SMILES string of the molecule is Cc1ccccc1CNC(=O)[C@H]1N(C(=O)[C@@H](O)[C@H](Cc2ccccc2)NC(=O)[C@@H](NC(=O)c2ccccn2)C(C)C)CSC1(C)C. The summed E-state index contributed by atoms with van der Waals surface area (Å²) in [4.78, 5) is 59.6. The number of aromatic nitrogens is 1. The summed E-state index contributed by atoms with van der Waals surface area (Å²) in [5, 5.41) is 20.2. The van der Waals surface area contributed by atoms with Gasteiger partial charge in [0, 0.05) is 17.5 Å². The topological polar surface area (TPSA) is 141 Å². The van der Waals surface area contributed by atoms with Gasteiger partial charge in [-0.05, 0) is 61.9 Å². The highest BCUT2D eigenvalue weighted by Crippen LogP contribution is 2.40. The predicted octanol–water partition coefficient (Wildman–Crippen LogP) is 3.23. The van der Waals surface area contributed by atoms with Crippen molar-refractivity contribution in [1.82, 2.24) is 25.8 Å². The largest absolute Gasteiger partial charge is 0.381 e. The van der Waals surface area contributed by atoms with Crippen molar-refractivity contribution in [3.05, 3.63) is 101 Å². The Labute approximate surface area is 274 Å². The number of hydrogen-bond acceptors (Lipinski definition) is 7. The smallest absolute Gasteiger partial charge is 0.270 e. The number of aliphatic hydroxyl groups is 1. The van der Waals surface area contributed by atoms with E-state index in [1.165, 1.54) is 22.9 Å². The molecule has 0 aliphatic carbocycles. The van der Waals surface area contributed by atoms with E-state index in [0.29, 0.717) is 6.54 Å². The molecular weight excluding hydrogens is 602 g/mol.